The van der Waals surface area contributed by atoms with Gasteiger partial charge in [-0.25, -0.2) is 9.97 Å². The van der Waals surface area contributed by atoms with Gasteiger partial charge in [0.15, 0.2) is 12.1 Å². The minimum Gasteiger partial charge on any atom is -0.294 e. The molecule has 0 aliphatic rings. The zero-order valence-electron chi connectivity index (χ0n) is 5.34. The first-order valence-electron chi connectivity index (χ1n) is 2.69. The molecule has 0 unspecified atom stereocenters. The number of halogens is 1. The lowest BCUT2D eigenvalue weighted by Gasteiger charge is -1.92. The van der Waals surface area contributed by atoms with Crippen LogP contribution in [-0.2, 0) is 0 Å². The normalized spacial score (nSPS) is 9.40. The van der Waals surface area contributed by atoms with Gasteiger partial charge in [-0.15, -0.1) is 0 Å². The molecule has 1 rings (SSSR count). The van der Waals surface area contributed by atoms with Crippen LogP contribution < -0.4 is 0 Å². The summed E-state index contributed by atoms with van der Waals surface area (Å²) < 4.78 is 0. The Balaban J connectivity index is 3.18. The predicted octanol–water partition coefficient (Wildman–Crippen LogP) is 1.25. The molecule has 1 aromatic heterocycles. The van der Waals surface area contributed by atoms with Crippen LogP contribution in [0.15, 0.2) is 6.07 Å². The van der Waals surface area contributed by atoms with Crippen LogP contribution in [0.2, 0.25) is 5.15 Å². The second-order valence-electron chi connectivity index (χ2n) is 1.81. The van der Waals surface area contributed by atoms with Gasteiger partial charge >= 0.3 is 0 Å². The summed E-state index contributed by atoms with van der Waals surface area (Å²) in [5, 5.41) is 0.301. The Bertz CT molecular complexity index is 242. The summed E-state index contributed by atoms with van der Waals surface area (Å²) in [7, 11) is 0. The quantitative estimate of drug-likeness (QED) is 0.454. The van der Waals surface area contributed by atoms with Crippen LogP contribution in [-0.4, -0.2) is 16.3 Å². The van der Waals surface area contributed by atoms with E-state index in [0.717, 1.165) is 0 Å². The van der Waals surface area contributed by atoms with Gasteiger partial charge in [-0.2, -0.15) is 0 Å². The number of hydrogen-bond donors (Lipinski definition) is 0. The SMILES string of the molecule is Cc1cc(Cl)nc(C=O)n1. The number of aldehydes is 1. The molecule has 0 saturated carbocycles. The molecule has 0 aliphatic carbocycles. The second kappa shape index (κ2) is 2.75. The molecule has 1 aromatic rings. The van der Waals surface area contributed by atoms with Crippen molar-refractivity contribution in [2.75, 3.05) is 0 Å². The average molecular weight is 157 g/mol. The van der Waals surface area contributed by atoms with Crippen LogP contribution in [0.5, 0.6) is 0 Å². The molecule has 52 valence electrons. The molecule has 0 aromatic carbocycles. The number of aromatic nitrogens is 2. The zero-order valence-corrected chi connectivity index (χ0v) is 6.09. The summed E-state index contributed by atoms with van der Waals surface area (Å²) in [6.45, 7) is 1.75. The van der Waals surface area contributed by atoms with Crippen molar-refractivity contribution in [1.29, 1.82) is 0 Å². The van der Waals surface area contributed by atoms with E-state index < -0.39 is 0 Å². The third-order valence-corrected chi connectivity index (χ3v) is 1.14. The Morgan fingerprint density at radius 3 is 2.80 bits per heavy atom. The smallest absolute Gasteiger partial charge is 0.194 e. The van der Waals surface area contributed by atoms with Crippen LogP contribution in [0.25, 0.3) is 0 Å². The van der Waals surface area contributed by atoms with Crippen molar-refractivity contribution in [1.82, 2.24) is 9.97 Å². The topological polar surface area (TPSA) is 42.9 Å². The Morgan fingerprint density at radius 1 is 1.60 bits per heavy atom. The minimum atomic E-state index is 0.130. The first-order chi connectivity index (χ1) is 4.72. The standard InChI is InChI=1S/C6H5ClN2O/c1-4-2-5(7)9-6(3-10)8-4/h2-3H,1H3. The molecule has 0 radical (unpaired) electrons. The molecular formula is C6H5ClN2O. The Morgan fingerprint density at radius 2 is 2.30 bits per heavy atom. The molecule has 1 heterocycles. The van der Waals surface area contributed by atoms with Gasteiger partial charge in [0, 0.05) is 5.69 Å². The first-order valence-corrected chi connectivity index (χ1v) is 3.06. The highest BCUT2D eigenvalue weighted by molar-refractivity contribution is 6.29. The maximum absolute atomic E-state index is 10.1. The van der Waals surface area contributed by atoms with Crippen LogP contribution in [0, 0.1) is 6.92 Å². The fourth-order valence-corrected chi connectivity index (χ4v) is 0.849. The van der Waals surface area contributed by atoms with Gasteiger partial charge in [-0.05, 0) is 13.0 Å². The van der Waals surface area contributed by atoms with Crippen molar-refractivity contribution < 1.29 is 4.79 Å². The second-order valence-corrected chi connectivity index (χ2v) is 2.20. The van der Waals surface area contributed by atoms with E-state index in [1.807, 2.05) is 0 Å². The molecule has 0 N–H and O–H groups in total. The Labute approximate surface area is 63.1 Å². The van der Waals surface area contributed by atoms with E-state index >= 15 is 0 Å². The third-order valence-electron chi connectivity index (χ3n) is 0.946. The molecule has 0 amide bonds. The monoisotopic (exact) mass is 156 g/mol. The lowest BCUT2D eigenvalue weighted by molar-refractivity contribution is 0.111. The molecular weight excluding hydrogens is 152 g/mol. The summed E-state index contributed by atoms with van der Waals surface area (Å²) in [4.78, 5) is 17.6. The fourth-order valence-electron chi connectivity index (χ4n) is 0.605. The van der Waals surface area contributed by atoms with Gasteiger partial charge in [-0.3, -0.25) is 4.79 Å². The first kappa shape index (κ1) is 7.15. The van der Waals surface area contributed by atoms with Gasteiger partial charge in [-0.1, -0.05) is 11.6 Å². The van der Waals surface area contributed by atoms with E-state index in [2.05, 4.69) is 9.97 Å². The summed E-state index contributed by atoms with van der Waals surface area (Å²) in [5.41, 5.74) is 0.696. The Kier molecular flexibility index (Phi) is 1.97. The number of aryl methyl sites for hydroxylation is 1. The van der Waals surface area contributed by atoms with Crippen molar-refractivity contribution in [3.8, 4) is 0 Å². The van der Waals surface area contributed by atoms with Gasteiger partial charge in [0.05, 0.1) is 0 Å². The molecule has 0 atom stereocenters. The highest BCUT2D eigenvalue weighted by Crippen LogP contribution is 2.04. The largest absolute Gasteiger partial charge is 0.294 e. The van der Waals surface area contributed by atoms with E-state index in [1.54, 1.807) is 13.0 Å². The summed E-state index contributed by atoms with van der Waals surface area (Å²) in [5.74, 6) is 0.130. The van der Waals surface area contributed by atoms with Crippen LogP contribution in [0.1, 0.15) is 16.3 Å². The number of carbonyl (C=O) groups is 1. The molecule has 4 heteroatoms. The summed E-state index contributed by atoms with van der Waals surface area (Å²) in [6, 6.07) is 1.59. The molecule has 0 bridgehead atoms. The van der Waals surface area contributed by atoms with Crippen molar-refractivity contribution in [3.63, 3.8) is 0 Å². The van der Waals surface area contributed by atoms with Gasteiger partial charge in [0.1, 0.15) is 5.15 Å². The molecule has 10 heavy (non-hydrogen) atoms. The van der Waals surface area contributed by atoms with Crippen molar-refractivity contribution >= 4 is 17.9 Å². The third kappa shape index (κ3) is 1.51. The molecule has 0 aliphatic heterocycles. The number of hydrogen-bond acceptors (Lipinski definition) is 3. The predicted molar refractivity (Wildman–Crippen MR) is 37.2 cm³/mol. The Hall–Kier alpha value is -0.960. The highest BCUT2D eigenvalue weighted by Gasteiger charge is 1.96. The average Bonchev–Trinajstić information content (AvgIpc) is 1.85. The molecule has 0 spiro atoms. The van der Waals surface area contributed by atoms with E-state index in [1.165, 1.54) is 0 Å². The van der Waals surface area contributed by atoms with Crippen molar-refractivity contribution in [2.45, 2.75) is 6.92 Å². The molecule has 0 fully saturated rings. The van der Waals surface area contributed by atoms with Crippen LogP contribution in [0.4, 0.5) is 0 Å². The van der Waals surface area contributed by atoms with Gasteiger partial charge in [0.25, 0.3) is 0 Å². The maximum Gasteiger partial charge on any atom is 0.194 e. The van der Waals surface area contributed by atoms with E-state index in [-0.39, 0.29) is 5.82 Å². The van der Waals surface area contributed by atoms with E-state index in [0.29, 0.717) is 17.1 Å². The maximum atomic E-state index is 10.1. The van der Waals surface area contributed by atoms with Crippen molar-refractivity contribution in [2.24, 2.45) is 0 Å². The van der Waals surface area contributed by atoms with Crippen molar-refractivity contribution in [3.05, 3.63) is 22.7 Å². The zero-order chi connectivity index (χ0) is 7.56. The van der Waals surface area contributed by atoms with Crippen LogP contribution >= 0.6 is 11.6 Å². The molecule has 0 saturated heterocycles. The number of rotatable bonds is 1. The number of carbonyl (C=O) groups excluding carboxylic acids is 1. The minimum absolute atomic E-state index is 0.130. The fraction of sp³-hybridized carbons (Fsp3) is 0.167. The van der Waals surface area contributed by atoms with E-state index in [9.17, 15) is 4.79 Å². The van der Waals surface area contributed by atoms with E-state index in [4.69, 9.17) is 11.6 Å². The number of nitrogens with zero attached hydrogens (tertiary/aromatic N) is 2. The van der Waals surface area contributed by atoms with Crippen LogP contribution in [0.3, 0.4) is 0 Å². The van der Waals surface area contributed by atoms with Gasteiger partial charge < -0.3 is 0 Å². The highest BCUT2D eigenvalue weighted by atomic mass is 35.5. The summed E-state index contributed by atoms with van der Waals surface area (Å²) in [6.07, 6.45) is 0.568. The van der Waals surface area contributed by atoms with Gasteiger partial charge in [0.2, 0.25) is 0 Å². The molecule has 3 nitrogen and oxygen atoms in total. The lowest BCUT2D eigenvalue weighted by atomic mass is 10.4. The lowest BCUT2D eigenvalue weighted by Crippen LogP contribution is -1.94. The summed E-state index contributed by atoms with van der Waals surface area (Å²) >= 11 is 5.52.